The maximum Gasteiger partial charge on any atom is 0.257 e. The summed E-state index contributed by atoms with van der Waals surface area (Å²) in [6.45, 7) is 0.101. The molecule has 5 nitrogen and oxygen atoms in total. The Kier molecular flexibility index (Phi) is 6.08. The topological polar surface area (TPSA) is 81.4 Å². The van der Waals surface area contributed by atoms with Crippen LogP contribution in [-0.2, 0) is 9.59 Å². The van der Waals surface area contributed by atoms with Gasteiger partial charge in [0, 0.05) is 13.0 Å². The van der Waals surface area contributed by atoms with Crippen LogP contribution in [0, 0.1) is 5.82 Å². The Labute approximate surface area is 114 Å². The van der Waals surface area contributed by atoms with Crippen LogP contribution in [0.1, 0.15) is 12.8 Å². The number of hydrogen-bond donors (Lipinski definition) is 2. The van der Waals surface area contributed by atoms with Gasteiger partial charge in [0.15, 0.2) is 6.61 Å². The van der Waals surface area contributed by atoms with Gasteiger partial charge in [-0.05, 0) is 24.6 Å². The molecule has 1 rings (SSSR count). The van der Waals surface area contributed by atoms with Crippen molar-refractivity contribution in [2.45, 2.75) is 12.8 Å². The second kappa shape index (κ2) is 7.58. The van der Waals surface area contributed by atoms with Crippen LogP contribution in [0.25, 0.3) is 0 Å². The molecule has 0 aliphatic heterocycles. The zero-order chi connectivity index (χ0) is 14.3. The van der Waals surface area contributed by atoms with Crippen LogP contribution in [-0.4, -0.2) is 25.0 Å². The first-order valence-corrected chi connectivity index (χ1v) is 5.99. The van der Waals surface area contributed by atoms with Crippen molar-refractivity contribution in [1.29, 1.82) is 0 Å². The van der Waals surface area contributed by atoms with Crippen molar-refractivity contribution in [3.63, 3.8) is 0 Å². The van der Waals surface area contributed by atoms with E-state index in [2.05, 4.69) is 5.32 Å². The van der Waals surface area contributed by atoms with E-state index >= 15 is 0 Å². The summed E-state index contributed by atoms with van der Waals surface area (Å²) in [4.78, 5) is 21.8. The molecule has 1 aromatic carbocycles. The van der Waals surface area contributed by atoms with Crippen molar-refractivity contribution in [3.8, 4) is 5.75 Å². The Bertz CT molecular complexity index is 468. The Morgan fingerprint density at radius 1 is 1.42 bits per heavy atom. The number of nitrogens with one attached hydrogen (secondary N) is 1. The molecule has 0 heterocycles. The second-order valence-electron chi connectivity index (χ2n) is 3.78. The van der Waals surface area contributed by atoms with E-state index in [0.29, 0.717) is 13.0 Å². The van der Waals surface area contributed by atoms with Crippen LogP contribution in [0.2, 0.25) is 5.02 Å². The minimum absolute atomic E-state index is 0.0986. The van der Waals surface area contributed by atoms with Gasteiger partial charge in [0.2, 0.25) is 5.91 Å². The van der Waals surface area contributed by atoms with Crippen molar-refractivity contribution in [2.75, 3.05) is 13.2 Å². The van der Waals surface area contributed by atoms with E-state index in [1.54, 1.807) is 0 Å². The number of halogens is 2. The van der Waals surface area contributed by atoms with Crippen LogP contribution in [0.4, 0.5) is 4.39 Å². The summed E-state index contributed by atoms with van der Waals surface area (Å²) in [6, 6.07) is 3.63. The quantitative estimate of drug-likeness (QED) is 0.741. The lowest BCUT2D eigenvalue weighted by Gasteiger charge is -2.08. The zero-order valence-electron chi connectivity index (χ0n) is 10.1. The first-order valence-electron chi connectivity index (χ1n) is 5.62. The van der Waals surface area contributed by atoms with Crippen molar-refractivity contribution < 1.29 is 18.7 Å². The van der Waals surface area contributed by atoms with Crippen molar-refractivity contribution in [2.24, 2.45) is 5.73 Å². The molecule has 7 heteroatoms. The van der Waals surface area contributed by atoms with Gasteiger partial charge in [0.1, 0.15) is 11.6 Å². The number of hydrogen-bond acceptors (Lipinski definition) is 3. The van der Waals surface area contributed by atoms with E-state index in [0.717, 1.165) is 6.07 Å². The maximum atomic E-state index is 12.8. The number of carbonyl (C=O) groups excluding carboxylic acids is 2. The van der Waals surface area contributed by atoms with Gasteiger partial charge in [0.25, 0.3) is 5.91 Å². The molecule has 0 atom stereocenters. The average Bonchev–Trinajstić information content (AvgIpc) is 2.33. The average molecular weight is 289 g/mol. The summed E-state index contributed by atoms with van der Waals surface area (Å²) in [6.07, 6.45) is 0.684. The Balaban J connectivity index is 2.28. The maximum absolute atomic E-state index is 12.8. The normalized spacial score (nSPS) is 10.0. The molecule has 0 radical (unpaired) electrons. The fourth-order valence-electron chi connectivity index (χ4n) is 1.28. The molecule has 0 unspecified atom stereocenters. The largest absolute Gasteiger partial charge is 0.482 e. The number of nitrogens with two attached hydrogens (primary N) is 1. The number of benzene rings is 1. The van der Waals surface area contributed by atoms with E-state index < -0.39 is 11.7 Å². The summed E-state index contributed by atoms with van der Waals surface area (Å²) >= 11 is 5.73. The molecule has 0 fully saturated rings. The third-order valence-electron chi connectivity index (χ3n) is 2.17. The lowest BCUT2D eigenvalue weighted by atomic mass is 10.3. The predicted molar refractivity (Wildman–Crippen MR) is 68.3 cm³/mol. The molecular formula is C12H14ClFN2O3. The fourth-order valence-corrected chi connectivity index (χ4v) is 1.50. The zero-order valence-corrected chi connectivity index (χ0v) is 10.9. The Hall–Kier alpha value is -1.82. The molecule has 104 valence electrons. The highest BCUT2D eigenvalue weighted by Crippen LogP contribution is 2.24. The fraction of sp³-hybridized carbons (Fsp3) is 0.333. The number of rotatable bonds is 7. The summed E-state index contributed by atoms with van der Waals surface area (Å²) in [5.74, 6) is -1.02. The van der Waals surface area contributed by atoms with E-state index in [-0.39, 0.29) is 29.7 Å². The molecule has 0 saturated carbocycles. The molecule has 1 aromatic rings. The van der Waals surface area contributed by atoms with Crippen LogP contribution in [0.15, 0.2) is 18.2 Å². The van der Waals surface area contributed by atoms with Crippen molar-refractivity contribution in [1.82, 2.24) is 5.32 Å². The van der Waals surface area contributed by atoms with E-state index in [4.69, 9.17) is 22.1 Å². The van der Waals surface area contributed by atoms with E-state index in [1.807, 2.05) is 0 Å². The van der Waals surface area contributed by atoms with Gasteiger partial charge in [-0.25, -0.2) is 4.39 Å². The van der Waals surface area contributed by atoms with Crippen LogP contribution < -0.4 is 15.8 Å². The monoisotopic (exact) mass is 288 g/mol. The molecule has 2 amide bonds. The molecule has 0 bridgehead atoms. The van der Waals surface area contributed by atoms with Gasteiger partial charge < -0.3 is 15.8 Å². The van der Waals surface area contributed by atoms with Gasteiger partial charge in [-0.2, -0.15) is 0 Å². The van der Waals surface area contributed by atoms with Gasteiger partial charge >= 0.3 is 0 Å². The second-order valence-corrected chi connectivity index (χ2v) is 4.19. The van der Waals surface area contributed by atoms with Gasteiger partial charge in [-0.1, -0.05) is 11.6 Å². The Morgan fingerprint density at radius 3 is 2.79 bits per heavy atom. The lowest BCUT2D eigenvalue weighted by Crippen LogP contribution is -2.30. The minimum atomic E-state index is -0.478. The molecule has 0 saturated heterocycles. The SMILES string of the molecule is NC(=O)CCCNC(=O)COc1ccc(F)cc1Cl. The van der Waals surface area contributed by atoms with Crippen molar-refractivity contribution >= 4 is 23.4 Å². The number of carbonyl (C=O) groups is 2. The van der Waals surface area contributed by atoms with Gasteiger partial charge in [0.05, 0.1) is 5.02 Å². The van der Waals surface area contributed by atoms with E-state index in [1.165, 1.54) is 12.1 Å². The van der Waals surface area contributed by atoms with Crippen LogP contribution in [0.3, 0.4) is 0 Å². The number of primary amides is 1. The lowest BCUT2D eigenvalue weighted by molar-refractivity contribution is -0.123. The third kappa shape index (κ3) is 6.05. The highest BCUT2D eigenvalue weighted by molar-refractivity contribution is 6.32. The molecule has 19 heavy (non-hydrogen) atoms. The standard InChI is InChI=1S/C12H14ClFN2O3/c13-9-6-8(14)3-4-10(9)19-7-12(18)16-5-1-2-11(15)17/h3-4,6H,1-2,5,7H2,(H2,15,17)(H,16,18). The molecular weight excluding hydrogens is 275 g/mol. The molecule has 0 aromatic heterocycles. The summed E-state index contributed by atoms with van der Waals surface area (Å²) in [7, 11) is 0. The first-order chi connectivity index (χ1) is 8.99. The number of ether oxygens (including phenoxy) is 1. The molecule has 0 aliphatic rings. The highest BCUT2D eigenvalue weighted by atomic mass is 35.5. The summed E-state index contributed by atoms with van der Waals surface area (Å²) in [5.41, 5.74) is 4.95. The Morgan fingerprint density at radius 2 is 2.16 bits per heavy atom. The van der Waals surface area contributed by atoms with Crippen LogP contribution >= 0.6 is 11.6 Å². The molecule has 0 aliphatic carbocycles. The van der Waals surface area contributed by atoms with Gasteiger partial charge in [-0.3, -0.25) is 9.59 Å². The molecule has 0 spiro atoms. The smallest absolute Gasteiger partial charge is 0.257 e. The van der Waals surface area contributed by atoms with E-state index in [9.17, 15) is 14.0 Å². The third-order valence-corrected chi connectivity index (χ3v) is 2.47. The minimum Gasteiger partial charge on any atom is -0.482 e. The van der Waals surface area contributed by atoms with Gasteiger partial charge in [-0.15, -0.1) is 0 Å². The highest BCUT2D eigenvalue weighted by Gasteiger charge is 2.06. The summed E-state index contributed by atoms with van der Waals surface area (Å²) in [5, 5.41) is 2.65. The predicted octanol–water partition coefficient (Wildman–Crippen LogP) is 1.24. The molecule has 3 N–H and O–H groups in total. The summed E-state index contributed by atoms with van der Waals surface area (Å²) < 4.78 is 17.9. The number of amides is 2. The van der Waals surface area contributed by atoms with Crippen LogP contribution in [0.5, 0.6) is 5.75 Å². The first kappa shape index (κ1) is 15.2. The van der Waals surface area contributed by atoms with Crippen molar-refractivity contribution in [3.05, 3.63) is 29.0 Å².